The van der Waals surface area contributed by atoms with Crippen LogP contribution in [-0.4, -0.2) is 10.9 Å². The van der Waals surface area contributed by atoms with E-state index in [-0.39, 0.29) is 18.0 Å². The van der Waals surface area contributed by atoms with Crippen molar-refractivity contribution in [1.82, 2.24) is 0 Å². The van der Waals surface area contributed by atoms with Crippen molar-refractivity contribution in [2.45, 2.75) is 26.2 Å². The van der Waals surface area contributed by atoms with Gasteiger partial charge in [0.2, 0.25) is 0 Å². The van der Waals surface area contributed by atoms with Crippen molar-refractivity contribution < 1.29 is 9.90 Å². The molecule has 0 fully saturated rings. The van der Waals surface area contributed by atoms with Crippen LogP contribution in [0.15, 0.2) is 24.3 Å². The lowest BCUT2D eigenvalue weighted by atomic mass is 10.1. The average Bonchev–Trinajstić information content (AvgIpc) is 2.22. The monoisotopic (exact) mass is 202 g/mol. The summed E-state index contributed by atoms with van der Waals surface area (Å²) < 4.78 is 0. The molecule has 2 heteroatoms. The number of Topliss-reactive ketones (excluding diaryl/α,β-unsaturated/α-hetero) is 1. The predicted molar refractivity (Wildman–Crippen MR) is 59.5 cm³/mol. The van der Waals surface area contributed by atoms with E-state index in [4.69, 9.17) is 0 Å². The van der Waals surface area contributed by atoms with Crippen molar-refractivity contribution in [2.75, 3.05) is 0 Å². The molecule has 0 heterocycles. The quantitative estimate of drug-likeness (QED) is 0.761. The third-order valence-electron chi connectivity index (χ3n) is 2.08. The maximum absolute atomic E-state index is 11.5. The third kappa shape index (κ3) is 3.86. The van der Waals surface area contributed by atoms with Crippen molar-refractivity contribution in [3.8, 4) is 17.6 Å². The van der Waals surface area contributed by atoms with Crippen LogP contribution in [-0.2, 0) is 11.2 Å². The van der Waals surface area contributed by atoms with Crippen LogP contribution < -0.4 is 0 Å². The van der Waals surface area contributed by atoms with E-state index < -0.39 is 0 Å². The fourth-order valence-corrected chi connectivity index (χ4v) is 1.29. The molecule has 0 unspecified atom stereocenters. The molecular weight excluding hydrogens is 188 g/mol. The zero-order chi connectivity index (χ0) is 11.1. The minimum atomic E-state index is 0.110. The van der Waals surface area contributed by atoms with E-state index in [2.05, 4.69) is 11.8 Å². The summed E-state index contributed by atoms with van der Waals surface area (Å²) in [6.07, 6.45) is 1.34. The molecule has 0 bridgehead atoms. The zero-order valence-corrected chi connectivity index (χ0v) is 8.79. The standard InChI is InChI=1S/C13H14O2/c1-2-3-4-8-12(14)10-11-7-5-6-9-13(11)15/h5-7,9,15H,4,8,10H2,1H3. The van der Waals surface area contributed by atoms with E-state index in [0.29, 0.717) is 18.4 Å². The van der Waals surface area contributed by atoms with Crippen molar-refractivity contribution in [3.05, 3.63) is 29.8 Å². The molecule has 0 atom stereocenters. The van der Waals surface area contributed by atoms with Gasteiger partial charge >= 0.3 is 0 Å². The Morgan fingerprint density at radius 1 is 1.40 bits per heavy atom. The first kappa shape index (κ1) is 11.3. The van der Waals surface area contributed by atoms with Gasteiger partial charge in [-0.1, -0.05) is 18.2 Å². The normalized spacial score (nSPS) is 9.13. The predicted octanol–water partition coefficient (Wildman–Crippen LogP) is 2.31. The number of para-hydroxylation sites is 1. The number of rotatable bonds is 4. The molecule has 0 radical (unpaired) electrons. The first-order valence-corrected chi connectivity index (χ1v) is 4.92. The molecule has 0 saturated carbocycles. The number of carbonyl (C=O) groups excluding carboxylic acids is 1. The van der Waals surface area contributed by atoms with Crippen LogP contribution in [0.25, 0.3) is 0 Å². The Morgan fingerprint density at radius 2 is 2.13 bits per heavy atom. The van der Waals surface area contributed by atoms with E-state index in [9.17, 15) is 9.90 Å². The first-order chi connectivity index (χ1) is 7.24. The van der Waals surface area contributed by atoms with Gasteiger partial charge in [0.15, 0.2) is 0 Å². The number of phenolic OH excluding ortho intramolecular Hbond substituents is 1. The summed E-state index contributed by atoms with van der Waals surface area (Å²) >= 11 is 0. The topological polar surface area (TPSA) is 37.3 Å². The minimum Gasteiger partial charge on any atom is -0.508 e. The van der Waals surface area contributed by atoms with Gasteiger partial charge in [-0.15, -0.1) is 11.8 Å². The highest BCUT2D eigenvalue weighted by atomic mass is 16.3. The van der Waals surface area contributed by atoms with Crippen molar-refractivity contribution in [1.29, 1.82) is 0 Å². The van der Waals surface area contributed by atoms with Crippen LogP contribution in [0.2, 0.25) is 0 Å². The molecule has 15 heavy (non-hydrogen) atoms. The van der Waals surface area contributed by atoms with Gasteiger partial charge in [-0.25, -0.2) is 0 Å². The first-order valence-electron chi connectivity index (χ1n) is 4.92. The number of ketones is 1. The van der Waals surface area contributed by atoms with E-state index in [1.807, 2.05) is 6.07 Å². The molecule has 0 aliphatic carbocycles. The number of hydrogen-bond donors (Lipinski definition) is 1. The highest BCUT2D eigenvalue weighted by molar-refractivity contribution is 5.81. The van der Waals surface area contributed by atoms with Crippen LogP contribution in [0, 0.1) is 11.8 Å². The highest BCUT2D eigenvalue weighted by Crippen LogP contribution is 2.16. The van der Waals surface area contributed by atoms with Crippen molar-refractivity contribution in [3.63, 3.8) is 0 Å². The van der Waals surface area contributed by atoms with Crippen LogP contribution in [0.4, 0.5) is 0 Å². The molecule has 78 valence electrons. The van der Waals surface area contributed by atoms with Gasteiger partial charge in [-0.05, 0) is 13.0 Å². The van der Waals surface area contributed by atoms with Gasteiger partial charge in [0.25, 0.3) is 0 Å². The van der Waals surface area contributed by atoms with E-state index in [1.54, 1.807) is 25.1 Å². The summed E-state index contributed by atoms with van der Waals surface area (Å²) in [5.74, 6) is 5.89. The minimum absolute atomic E-state index is 0.110. The van der Waals surface area contributed by atoms with Crippen LogP contribution >= 0.6 is 0 Å². The molecule has 0 spiro atoms. The molecule has 0 aromatic heterocycles. The molecule has 0 aliphatic heterocycles. The van der Waals surface area contributed by atoms with E-state index >= 15 is 0 Å². The summed E-state index contributed by atoms with van der Waals surface area (Å²) in [5.41, 5.74) is 0.687. The van der Waals surface area contributed by atoms with Crippen LogP contribution in [0.5, 0.6) is 5.75 Å². The molecule has 0 saturated heterocycles. The fraction of sp³-hybridized carbons (Fsp3) is 0.308. The molecule has 1 N–H and O–H groups in total. The third-order valence-corrected chi connectivity index (χ3v) is 2.08. The summed E-state index contributed by atoms with van der Waals surface area (Å²) in [7, 11) is 0. The van der Waals surface area contributed by atoms with Gasteiger partial charge < -0.3 is 5.11 Å². The Balaban J connectivity index is 2.50. The van der Waals surface area contributed by atoms with E-state index in [1.165, 1.54) is 0 Å². The maximum Gasteiger partial charge on any atom is 0.138 e. The molecule has 0 amide bonds. The Labute approximate surface area is 89.9 Å². The van der Waals surface area contributed by atoms with Crippen LogP contribution in [0.1, 0.15) is 25.3 Å². The molecule has 0 aliphatic rings. The van der Waals surface area contributed by atoms with Gasteiger partial charge in [-0.2, -0.15) is 0 Å². The van der Waals surface area contributed by atoms with Gasteiger partial charge in [0, 0.05) is 24.8 Å². The Hall–Kier alpha value is -1.75. The lowest BCUT2D eigenvalue weighted by molar-refractivity contribution is -0.118. The van der Waals surface area contributed by atoms with Crippen LogP contribution in [0.3, 0.4) is 0 Å². The number of benzene rings is 1. The van der Waals surface area contributed by atoms with Gasteiger partial charge in [0.1, 0.15) is 11.5 Å². The molecule has 1 aromatic rings. The lowest BCUT2D eigenvalue weighted by Gasteiger charge is -2.01. The largest absolute Gasteiger partial charge is 0.508 e. The molecule has 2 nitrogen and oxygen atoms in total. The second-order valence-corrected chi connectivity index (χ2v) is 3.27. The van der Waals surface area contributed by atoms with Gasteiger partial charge in [0.05, 0.1) is 0 Å². The van der Waals surface area contributed by atoms with E-state index in [0.717, 1.165) is 0 Å². The number of phenols is 1. The van der Waals surface area contributed by atoms with Crippen molar-refractivity contribution in [2.24, 2.45) is 0 Å². The summed E-state index contributed by atoms with van der Waals surface area (Å²) in [4.78, 5) is 11.5. The maximum atomic E-state index is 11.5. The number of aromatic hydroxyl groups is 1. The SMILES string of the molecule is CC#CCCC(=O)Cc1ccccc1O. The molecule has 1 aromatic carbocycles. The summed E-state index contributed by atoms with van der Waals surface area (Å²) in [5, 5.41) is 9.45. The summed E-state index contributed by atoms with van der Waals surface area (Å²) in [6.45, 7) is 1.76. The molecule has 1 rings (SSSR count). The number of hydrogen-bond acceptors (Lipinski definition) is 2. The number of carbonyl (C=O) groups is 1. The summed E-state index contributed by atoms with van der Waals surface area (Å²) in [6, 6.07) is 6.91. The Morgan fingerprint density at radius 3 is 2.80 bits per heavy atom. The van der Waals surface area contributed by atoms with Crippen molar-refractivity contribution >= 4 is 5.78 Å². The second-order valence-electron chi connectivity index (χ2n) is 3.27. The Kier molecular flexibility index (Phi) is 4.43. The average molecular weight is 202 g/mol. The van der Waals surface area contributed by atoms with Gasteiger partial charge in [-0.3, -0.25) is 4.79 Å². The highest BCUT2D eigenvalue weighted by Gasteiger charge is 2.05. The lowest BCUT2D eigenvalue weighted by Crippen LogP contribution is -2.02. The second kappa shape index (κ2) is 5.87. The molecular formula is C13H14O2. The smallest absolute Gasteiger partial charge is 0.138 e. The Bertz CT molecular complexity index is 396. The zero-order valence-electron chi connectivity index (χ0n) is 8.79. The fourth-order valence-electron chi connectivity index (χ4n) is 1.29.